The molecule has 1 amide bonds. The van der Waals surface area contributed by atoms with Crippen molar-refractivity contribution in [2.45, 2.75) is 13.3 Å². The van der Waals surface area contributed by atoms with Crippen LogP contribution in [0.3, 0.4) is 0 Å². The Kier molecular flexibility index (Phi) is 4.55. The van der Waals surface area contributed by atoms with E-state index in [0.717, 1.165) is 24.3 Å². The van der Waals surface area contributed by atoms with Gasteiger partial charge in [-0.1, -0.05) is 0 Å². The third-order valence-electron chi connectivity index (χ3n) is 2.76. The molecule has 0 unspecified atom stereocenters. The van der Waals surface area contributed by atoms with E-state index in [0.29, 0.717) is 12.1 Å². The molecular formula is C14H18N4O. The van der Waals surface area contributed by atoms with Crippen molar-refractivity contribution in [3.63, 3.8) is 0 Å². The summed E-state index contributed by atoms with van der Waals surface area (Å²) in [5.74, 6) is -0.0532. The van der Waals surface area contributed by atoms with E-state index in [4.69, 9.17) is 0 Å². The van der Waals surface area contributed by atoms with Gasteiger partial charge in [-0.25, -0.2) is 4.98 Å². The maximum absolute atomic E-state index is 11.9. The van der Waals surface area contributed by atoms with Crippen LogP contribution in [0, 0.1) is 0 Å². The molecule has 19 heavy (non-hydrogen) atoms. The predicted molar refractivity (Wildman–Crippen MR) is 75.2 cm³/mol. The number of hydrogen-bond acceptors (Lipinski definition) is 3. The minimum atomic E-state index is -0.0532. The van der Waals surface area contributed by atoms with Crippen molar-refractivity contribution in [1.29, 1.82) is 0 Å². The van der Waals surface area contributed by atoms with E-state index in [2.05, 4.69) is 20.6 Å². The first kappa shape index (κ1) is 13.1. The maximum Gasteiger partial charge on any atom is 0.251 e. The quantitative estimate of drug-likeness (QED) is 0.740. The Bertz CT molecular complexity index is 505. The number of hydrogen-bond donors (Lipinski definition) is 3. The van der Waals surface area contributed by atoms with Crippen LogP contribution in [0.4, 0.5) is 5.69 Å². The topological polar surface area (TPSA) is 69.8 Å². The molecule has 1 heterocycles. The van der Waals surface area contributed by atoms with E-state index in [-0.39, 0.29) is 5.91 Å². The minimum Gasteiger partial charge on any atom is -0.385 e. The van der Waals surface area contributed by atoms with Crippen molar-refractivity contribution in [2.24, 2.45) is 0 Å². The Labute approximate surface area is 112 Å². The summed E-state index contributed by atoms with van der Waals surface area (Å²) in [5.41, 5.74) is 2.71. The van der Waals surface area contributed by atoms with Gasteiger partial charge in [-0.15, -0.1) is 0 Å². The lowest BCUT2D eigenvalue weighted by Crippen LogP contribution is -2.25. The summed E-state index contributed by atoms with van der Waals surface area (Å²) in [7, 11) is 0. The highest BCUT2D eigenvalue weighted by molar-refractivity contribution is 5.94. The van der Waals surface area contributed by atoms with Gasteiger partial charge in [-0.2, -0.15) is 0 Å². The fourth-order valence-electron chi connectivity index (χ4n) is 1.78. The molecule has 0 radical (unpaired) electrons. The second kappa shape index (κ2) is 6.58. The Hall–Kier alpha value is -2.30. The minimum absolute atomic E-state index is 0.0532. The molecule has 0 bridgehead atoms. The summed E-state index contributed by atoms with van der Waals surface area (Å²) < 4.78 is 0. The number of nitrogens with one attached hydrogen (secondary N) is 3. The van der Waals surface area contributed by atoms with Crippen LogP contribution in [-0.4, -0.2) is 29.0 Å². The first-order chi connectivity index (χ1) is 9.29. The van der Waals surface area contributed by atoms with Crippen LogP contribution in [0.2, 0.25) is 0 Å². The molecule has 2 aromatic rings. The number of rotatable bonds is 6. The third kappa shape index (κ3) is 3.84. The van der Waals surface area contributed by atoms with Crippen LogP contribution in [-0.2, 0) is 6.42 Å². The number of anilines is 1. The molecule has 100 valence electrons. The Morgan fingerprint density at radius 2 is 2.11 bits per heavy atom. The van der Waals surface area contributed by atoms with Gasteiger partial charge in [-0.3, -0.25) is 4.79 Å². The summed E-state index contributed by atoms with van der Waals surface area (Å²) in [4.78, 5) is 18.8. The van der Waals surface area contributed by atoms with Crippen LogP contribution >= 0.6 is 0 Å². The average molecular weight is 258 g/mol. The SMILES string of the molecule is CCNc1ccc(C(=O)NCCc2cnc[nH]2)cc1. The normalized spacial score (nSPS) is 10.2. The molecular weight excluding hydrogens is 240 g/mol. The first-order valence-electron chi connectivity index (χ1n) is 6.39. The van der Waals surface area contributed by atoms with Gasteiger partial charge in [0.1, 0.15) is 0 Å². The number of nitrogens with zero attached hydrogens (tertiary/aromatic N) is 1. The van der Waals surface area contributed by atoms with E-state index in [9.17, 15) is 4.79 Å². The van der Waals surface area contributed by atoms with E-state index in [1.807, 2.05) is 31.2 Å². The van der Waals surface area contributed by atoms with Gasteiger partial charge in [0.25, 0.3) is 5.91 Å². The molecule has 0 spiro atoms. The van der Waals surface area contributed by atoms with Crippen LogP contribution in [0.15, 0.2) is 36.8 Å². The molecule has 5 heteroatoms. The molecule has 0 atom stereocenters. The zero-order valence-corrected chi connectivity index (χ0v) is 10.9. The third-order valence-corrected chi connectivity index (χ3v) is 2.76. The smallest absolute Gasteiger partial charge is 0.251 e. The van der Waals surface area contributed by atoms with Crippen molar-refractivity contribution >= 4 is 11.6 Å². The number of aromatic nitrogens is 2. The lowest BCUT2D eigenvalue weighted by Gasteiger charge is -2.06. The standard InChI is InChI=1S/C14H18N4O/c1-2-16-12-5-3-11(4-6-12)14(19)17-8-7-13-9-15-10-18-13/h3-6,9-10,16H,2,7-8H2,1H3,(H,15,18)(H,17,19). The zero-order chi connectivity index (χ0) is 13.5. The number of benzene rings is 1. The molecule has 0 saturated heterocycles. The number of carbonyl (C=O) groups excluding carboxylic acids is 1. The van der Waals surface area contributed by atoms with Crippen LogP contribution in [0.5, 0.6) is 0 Å². The molecule has 1 aromatic heterocycles. The summed E-state index contributed by atoms with van der Waals surface area (Å²) in [6, 6.07) is 7.47. The second-order valence-corrected chi connectivity index (χ2v) is 4.19. The molecule has 5 nitrogen and oxygen atoms in total. The number of H-pyrrole nitrogens is 1. The second-order valence-electron chi connectivity index (χ2n) is 4.19. The van der Waals surface area contributed by atoms with Gasteiger partial charge < -0.3 is 15.6 Å². The first-order valence-corrected chi connectivity index (χ1v) is 6.39. The van der Waals surface area contributed by atoms with Crippen molar-refractivity contribution in [2.75, 3.05) is 18.4 Å². The van der Waals surface area contributed by atoms with Crippen LogP contribution in [0.25, 0.3) is 0 Å². The average Bonchev–Trinajstić information content (AvgIpc) is 2.93. The molecule has 0 aliphatic rings. The van der Waals surface area contributed by atoms with E-state index in [1.165, 1.54) is 0 Å². The van der Waals surface area contributed by atoms with Crippen molar-refractivity contribution in [3.8, 4) is 0 Å². The zero-order valence-electron chi connectivity index (χ0n) is 10.9. The summed E-state index contributed by atoms with van der Waals surface area (Å²) in [6.07, 6.45) is 4.15. The summed E-state index contributed by atoms with van der Waals surface area (Å²) in [5, 5.41) is 6.07. The molecule has 0 aliphatic heterocycles. The van der Waals surface area contributed by atoms with Crippen LogP contribution < -0.4 is 10.6 Å². The lowest BCUT2D eigenvalue weighted by atomic mass is 10.2. The van der Waals surface area contributed by atoms with Gasteiger partial charge in [-0.05, 0) is 31.2 Å². The fourth-order valence-corrected chi connectivity index (χ4v) is 1.78. The van der Waals surface area contributed by atoms with E-state index in [1.54, 1.807) is 12.5 Å². The Morgan fingerprint density at radius 1 is 1.32 bits per heavy atom. The highest BCUT2D eigenvalue weighted by Gasteiger charge is 2.04. The van der Waals surface area contributed by atoms with E-state index >= 15 is 0 Å². The van der Waals surface area contributed by atoms with Gasteiger partial charge >= 0.3 is 0 Å². The van der Waals surface area contributed by atoms with Crippen LogP contribution in [0.1, 0.15) is 23.0 Å². The van der Waals surface area contributed by atoms with Gasteiger partial charge in [0.05, 0.1) is 6.33 Å². The van der Waals surface area contributed by atoms with Crippen molar-refractivity contribution < 1.29 is 4.79 Å². The number of carbonyl (C=O) groups is 1. The Balaban J connectivity index is 1.82. The van der Waals surface area contributed by atoms with Gasteiger partial charge in [0.2, 0.25) is 0 Å². The molecule has 0 aliphatic carbocycles. The molecule has 0 saturated carbocycles. The largest absolute Gasteiger partial charge is 0.385 e. The predicted octanol–water partition coefficient (Wildman–Crippen LogP) is 1.81. The maximum atomic E-state index is 11.9. The summed E-state index contributed by atoms with van der Waals surface area (Å²) in [6.45, 7) is 3.50. The molecule has 2 rings (SSSR count). The highest BCUT2D eigenvalue weighted by Crippen LogP contribution is 2.09. The lowest BCUT2D eigenvalue weighted by molar-refractivity contribution is 0.0954. The van der Waals surface area contributed by atoms with E-state index < -0.39 is 0 Å². The molecule has 3 N–H and O–H groups in total. The number of aromatic amines is 1. The van der Waals surface area contributed by atoms with Crippen molar-refractivity contribution in [3.05, 3.63) is 48.0 Å². The van der Waals surface area contributed by atoms with Gasteiger partial charge in [0, 0.05) is 42.7 Å². The molecule has 1 aromatic carbocycles. The highest BCUT2D eigenvalue weighted by atomic mass is 16.1. The summed E-state index contributed by atoms with van der Waals surface area (Å²) >= 11 is 0. The number of amides is 1. The number of imidazole rings is 1. The van der Waals surface area contributed by atoms with Crippen molar-refractivity contribution in [1.82, 2.24) is 15.3 Å². The molecule has 0 fully saturated rings. The fraction of sp³-hybridized carbons (Fsp3) is 0.286. The monoisotopic (exact) mass is 258 g/mol. The Morgan fingerprint density at radius 3 is 2.74 bits per heavy atom. The van der Waals surface area contributed by atoms with Gasteiger partial charge in [0.15, 0.2) is 0 Å².